The van der Waals surface area contributed by atoms with Crippen LogP contribution in [-0.2, 0) is 18.2 Å². The van der Waals surface area contributed by atoms with Crippen molar-refractivity contribution in [1.29, 1.82) is 0 Å². The average Bonchev–Trinajstić information content (AvgIpc) is 2.47. The van der Waals surface area contributed by atoms with E-state index in [0.29, 0.717) is 12.8 Å². The number of aromatic nitrogens is 2. The Balaban J connectivity index is 2.30. The van der Waals surface area contributed by atoms with Crippen molar-refractivity contribution in [3.8, 4) is 0 Å². The molecule has 0 spiro atoms. The van der Waals surface area contributed by atoms with Gasteiger partial charge in [0.25, 0.3) is 0 Å². The fourth-order valence-corrected chi connectivity index (χ4v) is 3.14. The minimum Gasteiger partial charge on any atom is -0.386 e. The highest BCUT2D eigenvalue weighted by Crippen LogP contribution is 2.46. The van der Waals surface area contributed by atoms with Gasteiger partial charge in [0.2, 0.25) is 0 Å². The van der Waals surface area contributed by atoms with E-state index in [4.69, 9.17) is 4.74 Å². The molecule has 1 fully saturated rings. The second-order valence-electron chi connectivity index (χ2n) is 6.66. The zero-order chi connectivity index (χ0) is 13.8. The number of aryl methyl sites for hydroxylation is 2. The zero-order valence-corrected chi connectivity index (χ0v) is 12.2. The van der Waals surface area contributed by atoms with Gasteiger partial charge in [0.15, 0.2) is 0 Å². The summed E-state index contributed by atoms with van der Waals surface area (Å²) in [4.78, 5) is 0. The molecule has 1 saturated heterocycles. The highest BCUT2D eigenvalue weighted by Gasteiger charge is 2.56. The third-order valence-electron chi connectivity index (χ3n) is 3.94. The Labute approximate surface area is 109 Å². The van der Waals surface area contributed by atoms with E-state index in [-0.39, 0.29) is 5.60 Å². The standard InChI is InChI=1S/C14H24N2O2/c1-10-7-11(16(6)15-10)8-14(17)9-12(2,3)18-13(14,4)5/h7,17H,8-9H2,1-6H3. The van der Waals surface area contributed by atoms with E-state index in [1.165, 1.54) is 0 Å². The molecule has 1 aromatic heterocycles. The molecule has 1 aromatic rings. The Hall–Kier alpha value is -0.870. The van der Waals surface area contributed by atoms with E-state index >= 15 is 0 Å². The Kier molecular flexibility index (Phi) is 2.87. The molecule has 0 bridgehead atoms. The summed E-state index contributed by atoms with van der Waals surface area (Å²) in [6.07, 6.45) is 1.21. The molecule has 1 aliphatic heterocycles. The maximum absolute atomic E-state index is 11.0. The molecular formula is C14H24N2O2. The molecule has 0 radical (unpaired) electrons. The third kappa shape index (κ3) is 2.19. The summed E-state index contributed by atoms with van der Waals surface area (Å²) >= 11 is 0. The van der Waals surface area contributed by atoms with Crippen LogP contribution in [0.3, 0.4) is 0 Å². The molecule has 0 saturated carbocycles. The predicted octanol–water partition coefficient (Wildman–Crippen LogP) is 1.98. The molecule has 0 aliphatic carbocycles. The fourth-order valence-electron chi connectivity index (χ4n) is 3.14. The van der Waals surface area contributed by atoms with E-state index in [2.05, 4.69) is 5.10 Å². The molecule has 0 amide bonds. The van der Waals surface area contributed by atoms with Gasteiger partial charge in [0.1, 0.15) is 5.60 Å². The Bertz CT molecular complexity index is 462. The van der Waals surface area contributed by atoms with Crippen molar-refractivity contribution in [3.05, 3.63) is 17.5 Å². The van der Waals surface area contributed by atoms with E-state index < -0.39 is 11.2 Å². The maximum atomic E-state index is 11.0. The topological polar surface area (TPSA) is 47.3 Å². The van der Waals surface area contributed by atoms with Crippen molar-refractivity contribution < 1.29 is 9.84 Å². The molecule has 1 N–H and O–H groups in total. The maximum Gasteiger partial charge on any atom is 0.101 e. The van der Waals surface area contributed by atoms with Crippen LogP contribution < -0.4 is 0 Å². The van der Waals surface area contributed by atoms with E-state index in [0.717, 1.165) is 11.4 Å². The minimum absolute atomic E-state index is 0.286. The summed E-state index contributed by atoms with van der Waals surface area (Å²) in [7, 11) is 1.92. The van der Waals surface area contributed by atoms with Crippen LogP contribution in [-0.4, -0.2) is 31.7 Å². The van der Waals surface area contributed by atoms with Gasteiger partial charge in [-0.1, -0.05) is 0 Å². The van der Waals surface area contributed by atoms with E-state index in [1.54, 1.807) is 0 Å². The predicted molar refractivity (Wildman–Crippen MR) is 70.5 cm³/mol. The number of ether oxygens (including phenoxy) is 1. The van der Waals surface area contributed by atoms with Gasteiger partial charge < -0.3 is 9.84 Å². The highest BCUT2D eigenvalue weighted by molar-refractivity contribution is 5.17. The van der Waals surface area contributed by atoms with Crippen molar-refractivity contribution in [2.45, 2.75) is 64.3 Å². The van der Waals surface area contributed by atoms with Crippen molar-refractivity contribution in [1.82, 2.24) is 9.78 Å². The van der Waals surface area contributed by atoms with Crippen LogP contribution in [0.2, 0.25) is 0 Å². The van der Waals surface area contributed by atoms with Crippen LogP contribution >= 0.6 is 0 Å². The highest BCUT2D eigenvalue weighted by atomic mass is 16.5. The van der Waals surface area contributed by atoms with Gasteiger partial charge in [0.05, 0.1) is 16.9 Å². The van der Waals surface area contributed by atoms with Gasteiger partial charge in [-0.15, -0.1) is 0 Å². The fraction of sp³-hybridized carbons (Fsp3) is 0.786. The normalized spacial score (nSPS) is 29.7. The number of nitrogens with zero attached hydrogens (tertiary/aromatic N) is 2. The lowest BCUT2D eigenvalue weighted by molar-refractivity contribution is -0.126. The van der Waals surface area contributed by atoms with Crippen LogP contribution in [0.25, 0.3) is 0 Å². The van der Waals surface area contributed by atoms with Gasteiger partial charge in [-0.2, -0.15) is 5.10 Å². The van der Waals surface area contributed by atoms with Crippen molar-refractivity contribution in [2.75, 3.05) is 0 Å². The van der Waals surface area contributed by atoms with Crippen LogP contribution in [0.4, 0.5) is 0 Å². The summed E-state index contributed by atoms with van der Waals surface area (Å²) in [6.45, 7) is 9.95. The molecule has 1 unspecified atom stereocenters. The first-order chi connectivity index (χ1) is 8.05. The van der Waals surface area contributed by atoms with Gasteiger partial charge in [-0.25, -0.2) is 0 Å². The van der Waals surface area contributed by atoms with Crippen LogP contribution in [0.15, 0.2) is 6.07 Å². The average molecular weight is 252 g/mol. The van der Waals surface area contributed by atoms with Crippen LogP contribution in [0, 0.1) is 6.92 Å². The summed E-state index contributed by atoms with van der Waals surface area (Å²) in [5.41, 5.74) is 0.341. The minimum atomic E-state index is -0.850. The largest absolute Gasteiger partial charge is 0.386 e. The molecule has 4 heteroatoms. The van der Waals surface area contributed by atoms with Crippen molar-refractivity contribution >= 4 is 0 Å². The van der Waals surface area contributed by atoms with Gasteiger partial charge in [-0.3, -0.25) is 4.68 Å². The number of rotatable bonds is 2. The second kappa shape index (κ2) is 3.81. The monoisotopic (exact) mass is 252 g/mol. The summed E-state index contributed by atoms with van der Waals surface area (Å²) in [6, 6.07) is 2.03. The SMILES string of the molecule is Cc1cc(CC2(O)CC(C)(C)OC2(C)C)n(C)n1. The number of hydrogen-bond donors (Lipinski definition) is 1. The molecule has 18 heavy (non-hydrogen) atoms. The first kappa shape index (κ1) is 13.6. The molecule has 1 atom stereocenters. The first-order valence-corrected chi connectivity index (χ1v) is 6.47. The Morgan fingerprint density at radius 1 is 1.39 bits per heavy atom. The lowest BCUT2D eigenvalue weighted by Crippen LogP contribution is -2.48. The lowest BCUT2D eigenvalue weighted by Gasteiger charge is -2.35. The van der Waals surface area contributed by atoms with E-state index in [9.17, 15) is 5.11 Å². The van der Waals surface area contributed by atoms with Crippen molar-refractivity contribution in [2.24, 2.45) is 7.05 Å². The molecule has 102 valence electrons. The van der Waals surface area contributed by atoms with Crippen molar-refractivity contribution in [3.63, 3.8) is 0 Å². The first-order valence-electron chi connectivity index (χ1n) is 6.47. The quantitative estimate of drug-likeness (QED) is 0.875. The lowest BCUT2D eigenvalue weighted by atomic mass is 9.79. The third-order valence-corrected chi connectivity index (χ3v) is 3.94. The van der Waals surface area contributed by atoms with Gasteiger partial charge in [0, 0.05) is 25.6 Å². The summed E-state index contributed by atoms with van der Waals surface area (Å²) < 4.78 is 7.83. The Morgan fingerprint density at radius 3 is 2.39 bits per heavy atom. The van der Waals surface area contributed by atoms with Crippen LogP contribution in [0.1, 0.15) is 45.5 Å². The summed E-state index contributed by atoms with van der Waals surface area (Å²) in [5, 5.41) is 15.3. The number of aliphatic hydroxyl groups is 1. The second-order valence-corrected chi connectivity index (χ2v) is 6.66. The van der Waals surface area contributed by atoms with Gasteiger partial charge >= 0.3 is 0 Å². The zero-order valence-electron chi connectivity index (χ0n) is 12.2. The molecular weight excluding hydrogens is 228 g/mol. The molecule has 2 heterocycles. The number of hydrogen-bond acceptors (Lipinski definition) is 3. The van der Waals surface area contributed by atoms with E-state index in [1.807, 2.05) is 52.4 Å². The Morgan fingerprint density at radius 2 is 2.00 bits per heavy atom. The molecule has 2 rings (SSSR count). The summed E-state index contributed by atoms with van der Waals surface area (Å²) in [5.74, 6) is 0. The molecule has 4 nitrogen and oxygen atoms in total. The van der Waals surface area contributed by atoms with Gasteiger partial charge in [-0.05, 0) is 40.7 Å². The van der Waals surface area contributed by atoms with Crippen LogP contribution in [0.5, 0.6) is 0 Å². The smallest absolute Gasteiger partial charge is 0.101 e. The molecule has 1 aliphatic rings. The molecule has 0 aromatic carbocycles.